The maximum atomic E-state index is 12.9. The van der Waals surface area contributed by atoms with Gasteiger partial charge in [-0.1, -0.05) is 15.9 Å². The van der Waals surface area contributed by atoms with Crippen molar-refractivity contribution >= 4 is 21.7 Å². The van der Waals surface area contributed by atoms with Crippen molar-refractivity contribution in [2.24, 2.45) is 0 Å². The van der Waals surface area contributed by atoms with Crippen molar-refractivity contribution in [2.75, 3.05) is 6.61 Å². The molecule has 0 radical (unpaired) electrons. The molecule has 7 heteroatoms. The summed E-state index contributed by atoms with van der Waals surface area (Å²) in [6.07, 6.45) is -4.47. The Morgan fingerprint density at radius 1 is 1.44 bits per heavy atom. The topological polar surface area (TPSA) is 26.3 Å². The quantitative estimate of drug-likeness (QED) is 0.478. The first-order chi connectivity index (χ1) is 8.21. The Morgan fingerprint density at radius 3 is 2.56 bits per heavy atom. The lowest BCUT2D eigenvalue weighted by molar-refractivity contribution is -0.132. The van der Waals surface area contributed by atoms with Crippen LogP contribution in [0.3, 0.4) is 0 Å². The number of rotatable bonds is 4. The molecular weight excluding hydrogens is 320 g/mol. The summed E-state index contributed by atoms with van der Waals surface area (Å²) in [4.78, 5) is 9.30. The van der Waals surface area contributed by atoms with E-state index < -0.39 is 29.2 Å². The number of halogens is 5. The fourth-order valence-electron chi connectivity index (χ4n) is 1.16. The maximum absolute atomic E-state index is 12.9. The van der Waals surface area contributed by atoms with E-state index in [1.807, 2.05) is 0 Å². The minimum atomic E-state index is -4.47. The number of ether oxygens (including phenoxy) is 1. The van der Waals surface area contributed by atoms with Crippen LogP contribution in [0.5, 0.6) is 5.75 Å². The van der Waals surface area contributed by atoms with E-state index in [4.69, 9.17) is 4.74 Å². The van der Waals surface area contributed by atoms with Gasteiger partial charge in [0.15, 0.2) is 5.78 Å². The summed E-state index contributed by atoms with van der Waals surface area (Å²) in [5, 5.41) is 0. The molecule has 0 aliphatic rings. The Kier molecular flexibility index (Phi) is 4.72. The van der Waals surface area contributed by atoms with E-state index in [0.29, 0.717) is 0 Å². The van der Waals surface area contributed by atoms with Crippen molar-refractivity contribution < 1.29 is 27.1 Å². The molecule has 1 unspecified atom stereocenters. The van der Waals surface area contributed by atoms with Crippen LogP contribution in [0.4, 0.5) is 17.6 Å². The van der Waals surface area contributed by atoms with Crippen molar-refractivity contribution in [1.29, 1.82) is 0 Å². The van der Waals surface area contributed by atoms with Gasteiger partial charge in [-0.2, -0.15) is 13.2 Å². The van der Waals surface area contributed by atoms with Gasteiger partial charge in [0.1, 0.15) is 23.0 Å². The zero-order chi connectivity index (χ0) is 13.9. The molecule has 0 spiro atoms. The molecule has 0 saturated carbocycles. The van der Waals surface area contributed by atoms with E-state index in [9.17, 15) is 22.4 Å². The fraction of sp³-hybridized carbons (Fsp3) is 0.364. The predicted octanol–water partition coefficient (Wildman–Crippen LogP) is 3.73. The van der Waals surface area contributed by atoms with Gasteiger partial charge in [-0.15, -0.1) is 0 Å². The number of carbonyl (C=O) groups is 1. The molecule has 1 aromatic rings. The molecule has 2 nitrogen and oxygen atoms in total. The first-order valence-corrected chi connectivity index (χ1v) is 5.77. The van der Waals surface area contributed by atoms with Gasteiger partial charge in [-0.3, -0.25) is 4.79 Å². The van der Waals surface area contributed by atoms with Gasteiger partial charge >= 0.3 is 6.18 Å². The van der Waals surface area contributed by atoms with Gasteiger partial charge in [-0.25, -0.2) is 4.39 Å². The second-order valence-corrected chi connectivity index (χ2v) is 4.62. The lowest BCUT2D eigenvalue weighted by atomic mass is 10.1. The number of Topliss-reactive ketones (excluding diaryl/α,β-unsaturated/α-hetero) is 1. The van der Waals surface area contributed by atoms with E-state index in [-0.39, 0.29) is 11.3 Å². The van der Waals surface area contributed by atoms with Crippen LogP contribution >= 0.6 is 15.9 Å². The molecule has 1 aromatic carbocycles. The number of benzene rings is 1. The summed E-state index contributed by atoms with van der Waals surface area (Å²) < 4.78 is 54.5. The summed E-state index contributed by atoms with van der Waals surface area (Å²) in [5.74, 6) is -1.30. The first-order valence-electron chi connectivity index (χ1n) is 4.86. The van der Waals surface area contributed by atoms with E-state index in [0.717, 1.165) is 12.1 Å². The molecule has 0 amide bonds. The van der Waals surface area contributed by atoms with Crippen molar-refractivity contribution in [1.82, 2.24) is 0 Å². The Bertz CT molecular complexity index is 445. The fourth-order valence-corrected chi connectivity index (χ4v) is 1.30. The van der Waals surface area contributed by atoms with Gasteiger partial charge in [-0.05, 0) is 19.1 Å². The maximum Gasteiger partial charge on any atom is 0.404 e. The van der Waals surface area contributed by atoms with Crippen LogP contribution in [0.25, 0.3) is 0 Å². The third kappa shape index (κ3) is 3.97. The highest BCUT2D eigenvalue weighted by Crippen LogP contribution is 2.28. The average molecular weight is 329 g/mol. The predicted molar refractivity (Wildman–Crippen MR) is 60.7 cm³/mol. The molecule has 1 atom stereocenters. The number of hydrogen-bond acceptors (Lipinski definition) is 2. The van der Waals surface area contributed by atoms with Crippen LogP contribution in [0.1, 0.15) is 17.3 Å². The van der Waals surface area contributed by atoms with Gasteiger partial charge in [0.05, 0.1) is 5.56 Å². The third-order valence-electron chi connectivity index (χ3n) is 2.06. The average Bonchev–Trinajstić information content (AvgIpc) is 2.24. The number of alkyl halides is 4. The van der Waals surface area contributed by atoms with Crippen molar-refractivity contribution in [3.05, 3.63) is 29.6 Å². The van der Waals surface area contributed by atoms with Crippen molar-refractivity contribution in [3.63, 3.8) is 0 Å². The normalized spacial score (nSPS) is 13.2. The van der Waals surface area contributed by atoms with E-state index in [1.165, 1.54) is 13.0 Å². The Hall–Kier alpha value is -1.11. The van der Waals surface area contributed by atoms with Crippen LogP contribution in [0, 0.1) is 5.82 Å². The second kappa shape index (κ2) is 5.69. The summed E-state index contributed by atoms with van der Waals surface area (Å²) >= 11 is 2.41. The number of carbonyl (C=O) groups excluding carboxylic acids is 1. The number of hydrogen-bond donors (Lipinski definition) is 0. The molecule has 0 bridgehead atoms. The van der Waals surface area contributed by atoms with Crippen LogP contribution < -0.4 is 4.74 Å². The molecular formula is C11H9BrF4O2. The molecule has 0 N–H and O–H groups in total. The molecule has 0 aromatic heterocycles. The SMILES string of the molecule is CC(=O)c1ccc(F)cc1OCC(Br)C(F)(F)F. The highest BCUT2D eigenvalue weighted by atomic mass is 79.9. The monoisotopic (exact) mass is 328 g/mol. The van der Waals surface area contributed by atoms with Gasteiger partial charge < -0.3 is 4.74 Å². The Labute approximate surface area is 109 Å². The molecule has 0 saturated heterocycles. The van der Waals surface area contributed by atoms with Gasteiger partial charge in [0.2, 0.25) is 0 Å². The summed E-state index contributed by atoms with van der Waals surface area (Å²) in [5.41, 5.74) is 0.0401. The molecule has 0 fully saturated rings. The van der Waals surface area contributed by atoms with Crippen molar-refractivity contribution in [2.45, 2.75) is 17.9 Å². The van der Waals surface area contributed by atoms with Gasteiger partial charge in [0, 0.05) is 6.07 Å². The third-order valence-corrected chi connectivity index (χ3v) is 2.85. The van der Waals surface area contributed by atoms with Crippen LogP contribution in [0.15, 0.2) is 18.2 Å². The first kappa shape index (κ1) is 14.9. The molecule has 0 heterocycles. The lowest BCUT2D eigenvalue weighted by Gasteiger charge is -2.16. The Balaban J connectivity index is 2.84. The summed E-state index contributed by atoms with van der Waals surface area (Å²) in [6, 6.07) is 3.09. The molecule has 1 rings (SSSR count). The lowest BCUT2D eigenvalue weighted by Crippen LogP contribution is -2.29. The van der Waals surface area contributed by atoms with Crippen LogP contribution in [0.2, 0.25) is 0 Å². The van der Waals surface area contributed by atoms with Crippen LogP contribution in [-0.4, -0.2) is 23.4 Å². The van der Waals surface area contributed by atoms with Gasteiger partial charge in [0.25, 0.3) is 0 Å². The molecule has 0 aliphatic heterocycles. The highest BCUT2D eigenvalue weighted by molar-refractivity contribution is 9.09. The summed E-state index contributed by atoms with van der Waals surface area (Å²) in [7, 11) is 0. The number of ketones is 1. The zero-order valence-electron chi connectivity index (χ0n) is 9.22. The summed E-state index contributed by atoms with van der Waals surface area (Å²) in [6.45, 7) is 0.475. The molecule has 100 valence electrons. The Morgan fingerprint density at radius 2 is 2.06 bits per heavy atom. The van der Waals surface area contributed by atoms with Crippen molar-refractivity contribution in [3.8, 4) is 5.75 Å². The minimum absolute atomic E-state index is 0.0401. The minimum Gasteiger partial charge on any atom is -0.491 e. The van der Waals surface area contributed by atoms with Crippen LogP contribution in [-0.2, 0) is 0 Å². The smallest absolute Gasteiger partial charge is 0.404 e. The van der Waals surface area contributed by atoms with E-state index >= 15 is 0 Å². The van der Waals surface area contributed by atoms with E-state index in [2.05, 4.69) is 15.9 Å². The highest BCUT2D eigenvalue weighted by Gasteiger charge is 2.38. The van der Waals surface area contributed by atoms with E-state index in [1.54, 1.807) is 0 Å². The molecule has 0 aliphatic carbocycles. The standard InChI is InChI=1S/C11H9BrF4O2/c1-6(17)8-3-2-7(13)4-9(8)18-5-10(12)11(14,15)16/h2-4,10H,5H2,1H3. The largest absolute Gasteiger partial charge is 0.491 e. The molecule has 18 heavy (non-hydrogen) atoms. The second-order valence-electron chi connectivity index (χ2n) is 3.52. The zero-order valence-corrected chi connectivity index (χ0v) is 10.8.